The molecule has 0 aliphatic heterocycles. The number of fused-ring (bicyclic) bond motifs is 3. The van der Waals surface area contributed by atoms with Crippen molar-refractivity contribution in [1.82, 2.24) is 9.97 Å². The number of benzene rings is 2. The van der Waals surface area contributed by atoms with E-state index in [1.165, 1.54) is 30.6 Å². The van der Waals surface area contributed by atoms with Crippen LogP contribution in [-0.2, 0) is 27.6 Å². The molecule has 1 aliphatic carbocycles. The zero-order valence-corrected chi connectivity index (χ0v) is 23.0. The maximum Gasteiger partial charge on any atom is 0.338 e. The lowest BCUT2D eigenvalue weighted by atomic mass is 9.89. The van der Waals surface area contributed by atoms with Crippen molar-refractivity contribution in [3.63, 3.8) is 0 Å². The van der Waals surface area contributed by atoms with Gasteiger partial charge in [0.05, 0.1) is 18.1 Å². The fraction of sp³-hybridized carbons (Fsp3) is 0.296. The summed E-state index contributed by atoms with van der Waals surface area (Å²) in [6.45, 7) is 3.73. The van der Waals surface area contributed by atoms with Gasteiger partial charge in [-0.3, -0.25) is 9.52 Å². The molecule has 0 radical (unpaired) electrons. The van der Waals surface area contributed by atoms with Crippen molar-refractivity contribution < 1.29 is 27.1 Å². The molecule has 2 unspecified atom stereocenters. The Balaban J connectivity index is 1.37. The summed E-state index contributed by atoms with van der Waals surface area (Å²) in [7, 11) is -2.89. The molecule has 0 bridgehead atoms. The minimum Gasteiger partial charge on any atom is -0.497 e. The van der Waals surface area contributed by atoms with Crippen molar-refractivity contribution in [2.45, 2.75) is 44.1 Å². The van der Waals surface area contributed by atoms with Crippen LogP contribution in [0.1, 0.15) is 53.0 Å². The maximum atomic E-state index is 14.6. The van der Waals surface area contributed by atoms with Crippen molar-refractivity contribution in [2.24, 2.45) is 5.92 Å². The second-order valence-electron chi connectivity index (χ2n) is 9.51. The van der Waals surface area contributed by atoms with Gasteiger partial charge in [0, 0.05) is 10.6 Å². The molecule has 4 aromatic rings. The van der Waals surface area contributed by atoms with Gasteiger partial charge >= 0.3 is 5.97 Å². The molecule has 1 aliphatic rings. The number of hydrogen-bond donors (Lipinski definition) is 2. The third-order valence-corrected chi connectivity index (χ3v) is 9.20. The highest BCUT2D eigenvalue weighted by Gasteiger charge is 2.26. The minimum absolute atomic E-state index is 0.170. The Morgan fingerprint density at radius 2 is 1.97 bits per heavy atom. The molecule has 204 valence electrons. The first kappa shape index (κ1) is 26.8. The second-order valence-corrected chi connectivity index (χ2v) is 12.2. The molecule has 2 atom stereocenters. The van der Waals surface area contributed by atoms with E-state index in [0.29, 0.717) is 21.9 Å². The number of nitrogens with one attached hydrogen (secondary N) is 2. The van der Waals surface area contributed by atoms with Crippen molar-refractivity contribution in [3.05, 3.63) is 80.5 Å². The molecule has 39 heavy (non-hydrogen) atoms. The van der Waals surface area contributed by atoms with Crippen molar-refractivity contribution >= 4 is 43.2 Å². The number of aromatic amines is 1. The molecule has 0 fully saturated rings. The second kappa shape index (κ2) is 10.4. The zero-order valence-electron chi connectivity index (χ0n) is 21.4. The standard InChI is InChI=1S/C27H26FN3O6S2/c1-14-4-10-19-21(12-14)38-26-23(19)25(32)29-24(30-26)15(2)37-27(33)16-5-11-20(28)22(13-16)39(34,35)31-17-6-8-18(36-3)9-7-17/h5-9,11,13-15,31H,4,10,12H2,1-3H3,(H,29,30,32). The molecule has 0 saturated carbocycles. The Morgan fingerprint density at radius 1 is 1.23 bits per heavy atom. The van der Waals surface area contributed by atoms with Gasteiger partial charge in [-0.15, -0.1) is 11.3 Å². The quantitative estimate of drug-likeness (QED) is 0.300. The Hall–Kier alpha value is -3.77. The van der Waals surface area contributed by atoms with E-state index in [2.05, 4.69) is 21.6 Å². The number of thiophene rings is 1. The van der Waals surface area contributed by atoms with Crippen LogP contribution in [0, 0.1) is 11.7 Å². The number of methoxy groups -OCH3 is 1. The lowest BCUT2D eigenvalue weighted by molar-refractivity contribution is 0.0319. The Bertz CT molecular complexity index is 1730. The fourth-order valence-electron chi connectivity index (χ4n) is 4.55. The number of rotatable bonds is 7. The number of aryl methyl sites for hydroxylation is 1. The summed E-state index contributed by atoms with van der Waals surface area (Å²) in [5.41, 5.74) is 0.764. The minimum atomic E-state index is -4.37. The largest absolute Gasteiger partial charge is 0.497 e. The van der Waals surface area contributed by atoms with Crippen LogP contribution < -0.4 is 15.0 Å². The van der Waals surface area contributed by atoms with Gasteiger partial charge in [-0.25, -0.2) is 22.6 Å². The number of carbonyl (C=O) groups is 1. The summed E-state index contributed by atoms with van der Waals surface area (Å²) in [6, 6.07) is 8.94. The fourth-order valence-corrected chi connectivity index (χ4v) is 7.10. The molecular formula is C27H26FN3O6S2. The van der Waals surface area contributed by atoms with E-state index in [1.54, 1.807) is 19.1 Å². The van der Waals surface area contributed by atoms with Crippen LogP contribution in [0.5, 0.6) is 5.75 Å². The van der Waals surface area contributed by atoms with E-state index in [9.17, 15) is 22.4 Å². The molecular weight excluding hydrogens is 545 g/mol. The van der Waals surface area contributed by atoms with Gasteiger partial charge < -0.3 is 14.5 Å². The predicted molar refractivity (Wildman–Crippen MR) is 145 cm³/mol. The average Bonchev–Trinajstić information content (AvgIpc) is 3.26. The molecule has 0 amide bonds. The highest BCUT2D eigenvalue weighted by Crippen LogP contribution is 2.36. The highest BCUT2D eigenvalue weighted by molar-refractivity contribution is 7.92. The van der Waals surface area contributed by atoms with E-state index in [4.69, 9.17) is 9.47 Å². The number of sulfonamides is 1. The van der Waals surface area contributed by atoms with Crippen molar-refractivity contribution in [1.29, 1.82) is 0 Å². The van der Waals surface area contributed by atoms with Crippen molar-refractivity contribution in [2.75, 3.05) is 11.8 Å². The van der Waals surface area contributed by atoms with Crippen LogP contribution in [0.15, 0.2) is 52.2 Å². The lowest BCUT2D eigenvalue weighted by Gasteiger charge is -2.17. The van der Waals surface area contributed by atoms with Crippen LogP contribution in [0.4, 0.5) is 10.1 Å². The first-order chi connectivity index (χ1) is 18.6. The third-order valence-electron chi connectivity index (χ3n) is 6.65. The van der Waals surface area contributed by atoms with Crippen LogP contribution in [0.2, 0.25) is 0 Å². The van der Waals surface area contributed by atoms with E-state index in [1.807, 2.05) is 0 Å². The number of H-pyrrole nitrogens is 1. The van der Waals surface area contributed by atoms with Gasteiger partial charge in [-0.05, 0) is 80.1 Å². The third kappa shape index (κ3) is 5.39. The molecule has 5 rings (SSSR count). The van der Waals surface area contributed by atoms with Gasteiger partial charge in [0.15, 0.2) is 11.9 Å². The van der Waals surface area contributed by atoms with Gasteiger partial charge in [0.2, 0.25) is 0 Å². The number of halogens is 1. The normalized spacial score (nSPS) is 15.9. The van der Waals surface area contributed by atoms with E-state index in [-0.39, 0.29) is 22.6 Å². The summed E-state index contributed by atoms with van der Waals surface area (Å²) in [5, 5.41) is 0.585. The van der Waals surface area contributed by atoms with Gasteiger partial charge in [0.25, 0.3) is 15.6 Å². The van der Waals surface area contributed by atoms with Gasteiger partial charge in [-0.2, -0.15) is 0 Å². The summed E-state index contributed by atoms with van der Waals surface area (Å²) in [6.07, 6.45) is 1.79. The molecule has 9 nitrogen and oxygen atoms in total. The predicted octanol–water partition coefficient (Wildman–Crippen LogP) is 4.98. The summed E-state index contributed by atoms with van der Waals surface area (Å²) >= 11 is 1.48. The van der Waals surface area contributed by atoms with E-state index >= 15 is 0 Å². The number of carbonyl (C=O) groups excluding carboxylic acids is 1. The smallest absolute Gasteiger partial charge is 0.338 e. The van der Waals surface area contributed by atoms with Crippen LogP contribution >= 0.6 is 11.3 Å². The zero-order chi connectivity index (χ0) is 27.9. The molecule has 12 heteroatoms. The van der Waals surface area contributed by atoms with Gasteiger partial charge in [0.1, 0.15) is 21.3 Å². The van der Waals surface area contributed by atoms with Crippen LogP contribution in [-0.4, -0.2) is 31.5 Å². The SMILES string of the molecule is COc1ccc(NS(=O)(=O)c2cc(C(=O)OC(C)c3nc4sc5c(c4c(=O)[nH]3)CCC(C)C5)ccc2F)cc1. The number of ether oxygens (including phenoxy) is 2. The first-order valence-corrected chi connectivity index (χ1v) is 14.6. The lowest BCUT2D eigenvalue weighted by Crippen LogP contribution is -2.19. The van der Waals surface area contributed by atoms with Crippen LogP contribution in [0.3, 0.4) is 0 Å². The molecule has 2 aromatic heterocycles. The summed E-state index contributed by atoms with van der Waals surface area (Å²) < 4.78 is 53.1. The number of aromatic nitrogens is 2. The number of hydrogen-bond acceptors (Lipinski definition) is 8. The molecule has 0 saturated heterocycles. The maximum absolute atomic E-state index is 14.6. The number of esters is 1. The van der Waals surface area contributed by atoms with Crippen molar-refractivity contribution in [3.8, 4) is 5.75 Å². The monoisotopic (exact) mass is 571 g/mol. The highest BCUT2D eigenvalue weighted by atomic mass is 32.2. The first-order valence-electron chi connectivity index (χ1n) is 12.3. The Kier molecular flexibility index (Phi) is 7.17. The molecule has 2 N–H and O–H groups in total. The summed E-state index contributed by atoms with van der Waals surface area (Å²) in [5.74, 6) is -0.701. The Morgan fingerprint density at radius 3 is 2.69 bits per heavy atom. The topological polar surface area (TPSA) is 127 Å². The van der Waals surface area contributed by atoms with E-state index in [0.717, 1.165) is 47.9 Å². The van der Waals surface area contributed by atoms with E-state index < -0.39 is 32.8 Å². The van der Waals surface area contributed by atoms with Gasteiger partial charge in [-0.1, -0.05) is 6.92 Å². The molecule has 2 aromatic carbocycles. The molecule has 0 spiro atoms. The Labute approximate surface area is 228 Å². The number of nitrogens with zero attached hydrogens (tertiary/aromatic N) is 1. The van der Waals surface area contributed by atoms with Crippen LogP contribution in [0.25, 0.3) is 10.2 Å². The average molecular weight is 572 g/mol. The molecule has 2 heterocycles. The summed E-state index contributed by atoms with van der Waals surface area (Å²) in [4.78, 5) is 34.1. The number of anilines is 1.